The number of amidine groups is 1. The van der Waals surface area contributed by atoms with Crippen molar-refractivity contribution in [2.24, 2.45) is 16.8 Å². The van der Waals surface area contributed by atoms with Gasteiger partial charge < -0.3 is 5.32 Å². The summed E-state index contributed by atoms with van der Waals surface area (Å²) in [5, 5.41) is 5.65. The third kappa shape index (κ3) is 2.17. The summed E-state index contributed by atoms with van der Waals surface area (Å²) in [4.78, 5) is 4.64. The highest BCUT2D eigenvalue weighted by Gasteiger charge is 2.41. The molecule has 2 saturated carbocycles. The molecule has 0 aromatic carbocycles. The van der Waals surface area contributed by atoms with E-state index in [9.17, 15) is 0 Å². The second kappa shape index (κ2) is 3.41. The molecule has 0 saturated heterocycles. The van der Waals surface area contributed by atoms with Crippen LogP contribution < -0.4 is 5.32 Å². The minimum absolute atomic E-state index is 0.268. The van der Waals surface area contributed by atoms with E-state index < -0.39 is 0 Å². The second-order valence-electron chi connectivity index (χ2n) is 5.76. The van der Waals surface area contributed by atoms with E-state index in [1.807, 2.05) is 11.8 Å². The van der Waals surface area contributed by atoms with Crippen LogP contribution in [0.3, 0.4) is 0 Å². The molecule has 2 nitrogen and oxygen atoms in total. The summed E-state index contributed by atoms with van der Waals surface area (Å²) < 4.78 is 0. The molecule has 3 heteroatoms. The fraction of sp³-hybridized carbons (Fsp3) is 0.917. The molecule has 0 aromatic heterocycles. The molecule has 2 fully saturated rings. The van der Waals surface area contributed by atoms with Crippen LogP contribution in [0.25, 0.3) is 0 Å². The van der Waals surface area contributed by atoms with Gasteiger partial charge in [0.2, 0.25) is 0 Å². The molecule has 1 atom stereocenters. The summed E-state index contributed by atoms with van der Waals surface area (Å²) in [6.07, 6.45) is 5.66. The molecule has 2 aliphatic carbocycles. The lowest BCUT2D eigenvalue weighted by Crippen LogP contribution is -2.43. The average molecular weight is 224 g/mol. The van der Waals surface area contributed by atoms with Gasteiger partial charge in [-0.2, -0.15) is 0 Å². The van der Waals surface area contributed by atoms with E-state index in [-0.39, 0.29) is 5.54 Å². The van der Waals surface area contributed by atoms with Crippen molar-refractivity contribution in [1.82, 2.24) is 5.32 Å². The highest BCUT2D eigenvalue weighted by Crippen LogP contribution is 2.43. The number of nitrogens with zero attached hydrogens (tertiary/aromatic N) is 1. The first-order valence-electron chi connectivity index (χ1n) is 6.14. The van der Waals surface area contributed by atoms with Crippen LogP contribution in [0.15, 0.2) is 4.99 Å². The van der Waals surface area contributed by atoms with Crippen LogP contribution in [-0.2, 0) is 0 Å². The second-order valence-corrected chi connectivity index (χ2v) is 6.99. The minimum atomic E-state index is 0.268. The summed E-state index contributed by atoms with van der Waals surface area (Å²) in [7, 11) is 0. The number of hydrogen-bond donors (Lipinski definition) is 1. The molecule has 0 radical (unpaired) electrons. The first kappa shape index (κ1) is 10.0. The molecule has 84 valence electrons. The van der Waals surface area contributed by atoms with Crippen LogP contribution in [0.2, 0.25) is 0 Å². The smallest absolute Gasteiger partial charge is 0.157 e. The van der Waals surface area contributed by atoms with E-state index in [0.29, 0.717) is 0 Å². The molecule has 1 unspecified atom stereocenters. The van der Waals surface area contributed by atoms with Gasteiger partial charge in [0.1, 0.15) is 0 Å². The highest BCUT2D eigenvalue weighted by molar-refractivity contribution is 8.14. The molecule has 0 bridgehead atoms. The van der Waals surface area contributed by atoms with E-state index in [1.165, 1.54) is 30.9 Å². The van der Waals surface area contributed by atoms with Gasteiger partial charge in [0.25, 0.3) is 0 Å². The summed E-state index contributed by atoms with van der Waals surface area (Å²) in [5.74, 6) is 1.85. The van der Waals surface area contributed by atoms with E-state index in [4.69, 9.17) is 0 Å². The Hall–Kier alpha value is -0.180. The minimum Gasteiger partial charge on any atom is -0.360 e. The summed E-state index contributed by atoms with van der Waals surface area (Å²) in [6, 6.07) is 0. The van der Waals surface area contributed by atoms with Crippen LogP contribution >= 0.6 is 11.8 Å². The molecule has 3 aliphatic rings. The van der Waals surface area contributed by atoms with E-state index in [1.54, 1.807) is 0 Å². The van der Waals surface area contributed by atoms with Gasteiger partial charge in [-0.25, -0.2) is 0 Å². The fourth-order valence-electron chi connectivity index (χ4n) is 2.36. The van der Waals surface area contributed by atoms with Crippen molar-refractivity contribution in [3.63, 3.8) is 0 Å². The molecule has 3 rings (SSSR count). The molecule has 1 aliphatic heterocycles. The van der Waals surface area contributed by atoms with Crippen LogP contribution in [0.4, 0.5) is 0 Å². The molecular formula is C12H20N2S. The van der Waals surface area contributed by atoms with Gasteiger partial charge in [0.05, 0.1) is 6.54 Å². The molecular weight excluding hydrogens is 204 g/mol. The lowest BCUT2D eigenvalue weighted by Gasteiger charge is -2.27. The Morgan fingerprint density at radius 3 is 2.60 bits per heavy atom. The van der Waals surface area contributed by atoms with Gasteiger partial charge in [0, 0.05) is 10.8 Å². The third-order valence-corrected chi connectivity index (χ3v) is 5.14. The SMILES string of the molecule is CC(C)(NC1=NCC(C2CC2)S1)C1CC1. The standard InChI is InChI=1S/C12H20N2S/c1-12(2,9-5-6-9)14-11-13-7-10(15-11)8-3-4-8/h8-10H,3-7H2,1-2H3,(H,13,14). The van der Waals surface area contributed by atoms with Crippen molar-refractivity contribution in [1.29, 1.82) is 0 Å². The molecule has 1 N–H and O–H groups in total. The van der Waals surface area contributed by atoms with E-state index in [0.717, 1.165) is 23.6 Å². The number of hydrogen-bond acceptors (Lipinski definition) is 3. The maximum absolute atomic E-state index is 4.64. The Bertz CT molecular complexity index is 290. The van der Waals surface area contributed by atoms with Crippen molar-refractivity contribution in [2.75, 3.05) is 6.54 Å². The Balaban J connectivity index is 1.55. The van der Waals surface area contributed by atoms with Crippen LogP contribution in [0, 0.1) is 11.8 Å². The predicted molar refractivity (Wildman–Crippen MR) is 66.3 cm³/mol. The lowest BCUT2D eigenvalue weighted by atomic mass is 9.99. The van der Waals surface area contributed by atoms with Crippen LogP contribution in [-0.4, -0.2) is 22.5 Å². The number of nitrogens with one attached hydrogen (secondary N) is 1. The highest BCUT2D eigenvalue weighted by atomic mass is 32.2. The largest absolute Gasteiger partial charge is 0.360 e. The van der Waals surface area contributed by atoms with Crippen molar-refractivity contribution in [3.8, 4) is 0 Å². The van der Waals surface area contributed by atoms with Gasteiger partial charge >= 0.3 is 0 Å². The zero-order valence-corrected chi connectivity index (χ0v) is 10.4. The molecule has 0 spiro atoms. The Morgan fingerprint density at radius 1 is 1.27 bits per heavy atom. The quantitative estimate of drug-likeness (QED) is 0.797. The Labute approximate surface area is 96.3 Å². The summed E-state index contributed by atoms with van der Waals surface area (Å²) in [5.41, 5.74) is 0.268. The van der Waals surface area contributed by atoms with Crippen molar-refractivity contribution >= 4 is 16.9 Å². The predicted octanol–water partition coefficient (Wildman–Crippen LogP) is 2.65. The molecule has 0 aromatic rings. The molecule has 1 heterocycles. The lowest BCUT2D eigenvalue weighted by molar-refractivity contribution is 0.404. The Kier molecular flexibility index (Phi) is 2.27. The Morgan fingerprint density at radius 2 is 2.00 bits per heavy atom. The van der Waals surface area contributed by atoms with Gasteiger partial charge in [-0.05, 0) is 51.4 Å². The van der Waals surface area contributed by atoms with Gasteiger partial charge in [-0.15, -0.1) is 0 Å². The maximum atomic E-state index is 4.64. The van der Waals surface area contributed by atoms with E-state index in [2.05, 4.69) is 24.2 Å². The van der Waals surface area contributed by atoms with Crippen molar-refractivity contribution in [3.05, 3.63) is 0 Å². The number of rotatable bonds is 3. The first-order valence-corrected chi connectivity index (χ1v) is 7.02. The van der Waals surface area contributed by atoms with Gasteiger partial charge in [-0.1, -0.05) is 11.8 Å². The first-order chi connectivity index (χ1) is 7.15. The summed E-state index contributed by atoms with van der Waals surface area (Å²) >= 11 is 1.99. The average Bonchev–Trinajstić information content (AvgIpc) is 3.05. The summed E-state index contributed by atoms with van der Waals surface area (Å²) in [6.45, 7) is 5.69. The van der Waals surface area contributed by atoms with Crippen LogP contribution in [0.5, 0.6) is 0 Å². The van der Waals surface area contributed by atoms with Crippen LogP contribution in [0.1, 0.15) is 39.5 Å². The number of aliphatic imine (C=N–C) groups is 1. The topological polar surface area (TPSA) is 24.4 Å². The monoisotopic (exact) mass is 224 g/mol. The van der Waals surface area contributed by atoms with Gasteiger partial charge in [0.15, 0.2) is 5.17 Å². The maximum Gasteiger partial charge on any atom is 0.157 e. The third-order valence-electron chi connectivity index (χ3n) is 3.85. The van der Waals surface area contributed by atoms with Crippen molar-refractivity contribution in [2.45, 2.75) is 50.3 Å². The van der Waals surface area contributed by atoms with Crippen molar-refractivity contribution < 1.29 is 0 Å². The van der Waals surface area contributed by atoms with Gasteiger partial charge in [-0.3, -0.25) is 4.99 Å². The zero-order chi connectivity index (χ0) is 10.5. The zero-order valence-electron chi connectivity index (χ0n) is 9.62. The number of thioether (sulfide) groups is 1. The normalized spacial score (nSPS) is 31.6. The molecule has 0 amide bonds. The molecule has 15 heavy (non-hydrogen) atoms. The van der Waals surface area contributed by atoms with E-state index >= 15 is 0 Å². The fourth-order valence-corrected chi connectivity index (χ4v) is 3.73.